The van der Waals surface area contributed by atoms with Crippen molar-refractivity contribution in [1.29, 1.82) is 0 Å². The third kappa shape index (κ3) is 4.15. The Morgan fingerprint density at radius 2 is 1.78 bits per heavy atom. The van der Waals surface area contributed by atoms with Gasteiger partial charge in [-0.15, -0.1) is 0 Å². The van der Waals surface area contributed by atoms with Crippen LogP contribution in [-0.4, -0.2) is 42.0 Å². The van der Waals surface area contributed by atoms with Gasteiger partial charge in [-0.05, 0) is 31.7 Å². The molecule has 0 saturated heterocycles. The zero-order valence-corrected chi connectivity index (χ0v) is 15.3. The van der Waals surface area contributed by atoms with Crippen LogP contribution in [0, 0.1) is 12.8 Å². The zero-order chi connectivity index (χ0) is 17.6. The number of nitrogens with zero attached hydrogens (tertiary/aromatic N) is 1. The van der Waals surface area contributed by atoms with E-state index in [4.69, 9.17) is 4.74 Å². The molecular weight excluding hydrogens is 292 g/mol. The number of aromatic amines is 1. The fourth-order valence-electron chi connectivity index (χ4n) is 2.89. The molecule has 5 nitrogen and oxygen atoms in total. The first-order valence-electron chi connectivity index (χ1n) is 8.53. The molecule has 0 spiro atoms. The van der Waals surface area contributed by atoms with Gasteiger partial charge in [-0.2, -0.15) is 0 Å². The lowest BCUT2D eigenvalue weighted by molar-refractivity contribution is 0.0599. The summed E-state index contributed by atoms with van der Waals surface area (Å²) in [4.78, 5) is 29.9. The Balaban J connectivity index is 3.16. The Kier molecular flexibility index (Phi) is 7.33. The Hall–Kier alpha value is -1.78. The summed E-state index contributed by atoms with van der Waals surface area (Å²) in [5.74, 6) is 0.0688. The van der Waals surface area contributed by atoms with Crippen molar-refractivity contribution in [2.75, 3.05) is 20.2 Å². The van der Waals surface area contributed by atoms with Gasteiger partial charge in [0.05, 0.1) is 12.7 Å². The standard InChI is InChI=1S/C18H30N2O3/c1-7-13(8-2)11-20(10-4)17(21)16-12(5)15(18(22)23-6)14(9-3)19-16/h13,19H,7-11H2,1-6H3. The molecule has 0 saturated carbocycles. The number of methoxy groups -OCH3 is 1. The van der Waals surface area contributed by atoms with E-state index in [0.29, 0.717) is 35.7 Å². The minimum Gasteiger partial charge on any atom is -0.465 e. The van der Waals surface area contributed by atoms with Crippen molar-refractivity contribution in [3.63, 3.8) is 0 Å². The van der Waals surface area contributed by atoms with Gasteiger partial charge in [-0.25, -0.2) is 4.79 Å². The van der Waals surface area contributed by atoms with Crippen LogP contribution in [0.15, 0.2) is 0 Å². The average Bonchev–Trinajstić information content (AvgIpc) is 2.91. The van der Waals surface area contributed by atoms with Gasteiger partial charge >= 0.3 is 5.97 Å². The van der Waals surface area contributed by atoms with E-state index in [1.54, 1.807) is 6.92 Å². The van der Waals surface area contributed by atoms with Gasteiger partial charge in [0, 0.05) is 18.8 Å². The van der Waals surface area contributed by atoms with Gasteiger partial charge in [-0.1, -0.05) is 33.6 Å². The summed E-state index contributed by atoms with van der Waals surface area (Å²) < 4.78 is 4.85. The van der Waals surface area contributed by atoms with E-state index in [0.717, 1.165) is 25.1 Å². The molecule has 0 atom stereocenters. The fourth-order valence-corrected chi connectivity index (χ4v) is 2.89. The second-order valence-corrected chi connectivity index (χ2v) is 5.85. The highest BCUT2D eigenvalue weighted by Gasteiger charge is 2.26. The van der Waals surface area contributed by atoms with Crippen molar-refractivity contribution in [3.05, 3.63) is 22.5 Å². The summed E-state index contributed by atoms with van der Waals surface area (Å²) in [5.41, 5.74) is 2.45. The van der Waals surface area contributed by atoms with Crippen molar-refractivity contribution in [2.24, 2.45) is 5.92 Å². The van der Waals surface area contributed by atoms with Crippen LogP contribution in [-0.2, 0) is 11.2 Å². The van der Waals surface area contributed by atoms with Crippen LogP contribution in [0.4, 0.5) is 0 Å². The Labute approximate surface area is 139 Å². The van der Waals surface area contributed by atoms with Crippen molar-refractivity contribution >= 4 is 11.9 Å². The molecule has 0 fully saturated rings. The summed E-state index contributed by atoms with van der Waals surface area (Å²) in [5, 5.41) is 0. The summed E-state index contributed by atoms with van der Waals surface area (Å²) in [6, 6.07) is 0. The van der Waals surface area contributed by atoms with E-state index in [1.807, 2.05) is 18.7 Å². The van der Waals surface area contributed by atoms with Gasteiger partial charge in [0.15, 0.2) is 0 Å². The van der Waals surface area contributed by atoms with Crippen molar-refractivity contribution in [1.82, 2.24) is 9.88 Å². The van der Waals surface area contributed by atoms with E-state index >= 15 is 0 Å². The maximum absolute atomic E-state index is 12.9. The second-order valence-electron chi connectivity index (χ2n) is 5.85. The van der Waals surface area contributed by atoms with Gasteiger partial charge < -0.3 is 14.6 Å². The van der Waals surface area contributed by atoms with Crippen LogP contribution in [0.5, 0.6) is 0 Å². The molecule has 0 aliphatic carbocycles. The summed E-state index contributed by atoms with van der Waals surface area (Å²) >= 11 is 0. The van der Waals surface area contributed by atoms with Crippen LogP contribution < -0.4 is 0 Å². The smallest absolute Gasteiger partial charge is 0.339 e. The van der Waals surface area contributed by atoms with Gasteiger partial charge in [0.1, 0.15) is 5.69 Å². The van der Waals surface area contributed by atoms with E-state index in [2.05, 4.69) is 18.8 Å². The van der Waals surface area contributed by atoms with Crippen molar-refractivity contribution < 1.29 is 14.3 Å². The molecule has 1 heterocycles. The largest absolute Gasteiger partial charge is 0.465 e. The van der Waals surface area contributed by atoms with Crippen molar-refractivity contribution in [2.45, 2.75) is 53.9 Å². The first kappa shape index (κ1) is 19.3. The molecule has 5 heteroatoms. The topological polar surface area (TPSA) is 62.4 Å². The monoisotopic (exact) mass is 322 g/mol. The molecule has 1 rings (SSSR count). The number of ether oxygens (including phenoxy) is 1. The molecule has 0 radical (unpaired) electrons. The van der Waals surface area contributed by atoms with Crippen LogP contribution in [0.2, 0.25) is 0 Å². The van der Waals surface area contributed by atoms with Crippen LogP contribution in [0.25, 0.3) is 0 Å². The number of carbonyl (C=O) groups excluding carboxylic acids is 2. The molecular formula is C18H30N2O3. The fraction of sp³-hybridized carbons (Fsp3) is 0.667. The SMILES string of the molecule is CCc1[nH]c(C(=O)N(CC)CC(CC)CC)c(C)c1C(=O)OC. The molecule has 0 aromatic carbocycles. The van der Waals surface area contributed by atoms with E-state index in [9.17, 15) is 9.59 Å². The molecule has 0 aliphatic rings. The minimum atomic E-state index is -0.391. The number of aryl methyl sites for hydroxylation is 1. The Bertz CT molecular complexity index is 545. The average molecular weight is 322 g/mol. The quantitative estimate of drug-likeness (QED) is 0.744. The number of nitrogens with one attached hydrogen (secondary N) is 1. The molecule has 130 valence electrons. The third-order valence-electron chi connectivity index (χ3n) is 4.59. The predicted molar refractivity (Wildman–Crippen MR) is 91.9 cm³/mol. The Morgan fingerprint density at radius 3 is 2.22 bits per heavy atom. The maximum Gasteiger partial charge on any atom is 0.339 e. The number of esters is 1. The van der Waals surface area contributed by atoms with E-state index in [1.165, 1.54) is 7.11 Å². The van der Waals surface area contributed by atoms with Gasteiger partial charge in [0.25, 0.3) is 5.91 Å². The number of H-pyrrole nitrogens is 1. The highest BCUT2D eigenvalue weighted by atomic mass is 16.5. The number of carbonyl (C=O) groups is 2. The lowest BCUT2D eigenvalue weighted by Crippen LogP contribution is -2.35. The molecule has 1 amide bonds. The number of hydrogen-bond donors (Lipinski definition) is 1. The molecule has 23 heavy (non-hydrogen) atoms. The highest BCUT2D eigenvalue weighted by molar-refractivity contribution is 6.00. The zero-order valence-electron chi connectivity index (χ0n) is 15.3. The molecule has 0 aliphatic heterocycles. The van der Waals surface area contributed by atoms with Crippen LogP contribution in [0.1, 0.15) is 72.6 Å². The highest BCUT2D eigenvalue weighted by Crippen LogP contribution is 2.22. The summed E-state index contributed by atoms with van der Waals surface area (Å²) in [6.45, 7) is 11.4. The second kappa shape index (κ2) is 8.75. The molecule has 1 aromatic heterocycles. The molecule has 0 bridgehead atoms. The van der Waals surface area contributed by atoms with Gasteiger partial charge in [-0.3, -0.25) is 4.79 Å². The van der Waals surface area contributed by atoms with E-state index in [-0.39, 0.29) is 5.91 Å². The van der Waals surface area contributed by atoms with Crippen LogP contribution in [0.3, 0.4) is 0 Å². The number of aromatic nitrogens is 1. The van der Waals surface area contributed by atoms with E-state index < -0.39 is 5.97 Å². The van der Waals surface area contributed by atoms with Gasteiger partial charge in [0.2, 0.25) is 0 Å². The maximum atomic E-state index is 12.9. The molecule has 1 N–H and O–H groups in total. The number of rotatable bonds is 8. The normalized spacial score (nSPS) is 10.9. The third-order valence-corrected chi connectivity index (χ3v) is 4.59. The summed E-state index contributed by atoms with van der Waals surface area (Å²) in [6.07, 6.45) is 2.76. The lowest BCUT2D eigenvalue weighted by atomic mass is 10.0. The van der Waals surface area contributed by atoms with Crippen LogP contribution >= 0.6 is 0 Å². The summed E-state index contributed by atoms with van der Waals surface area (Å²) in [7, 11) is 1.36. The first-order valence-corrected chi connectivity index (χ1v) is 8.53. The lowest BCUT2D eigenvalue weighted by Gasteiger charge is -2.25. The number of hydrogen-bond acceptors (Lipinski definition) is 3. The number of amides is 1. The minimum absolute atomic E-state index is 0.0400. The Morgan fingerprint density at radius 1 is 1.17 bits per heavy atom. The predicted octanol–water partition coefficient (Wildman–Crippen LogP) is 3.57. The first-order chi connectivity index (χ1) is 10.9. The van der Waals surface area contributed by atoms with Crippen molar-refractivity contribution in [3.8, 4) is 0 Å². The molecule has 1 aromatic rings. The molecule has 0 unspecified atom stereocenters.